The molecule has 1 heterocycles. The van der Waals surface area contributed by atoms with Gasteiger partial charge in [0.15, 0.2) is 0 Å². The molecular formula is C15H18N2O. The van der Waals surface area contributed by atoms with Crippen LogP contribution >= 0.6 is 0 Å². The average Bonchev–Trinajstić information content (AvgIpc) is 2.84. The van der Waals surface area contributed by atoms with E-state index in [2.05, 4.69) is 17.5 Å². The number of carbonyl (C=O) groups is 1. The van der Waals surface area contributed by atoms with Crippen molar-refractivity contribution in [3.8, 4) is 0 Å². The molecule has 1 aliphatic carbocycles. The maximum atomic E-state index is 12.2. The zero-order valence-corrected chi connectivity index (χ0v) is 10.4. The smallest absolute Gasteiger partial charge is 0.321 e. The lowest BCUT2D eigenvalue weighted by molar-refractivity contribution is 0.220. The summed E-state index contributed by atoms with van der Waals surface area (Å²) in [6.07, 6.45) is 6.75. The molecule has 2 unspecified atom stereocenters. The number of nitrogens with zero attached hydrogens (tertiary/aromatic N) is 1. The van der Waals surface area contributed by atoms with Crippen molar-refractivity contribution < 1.29 is 4.79 Å². The lowest BCUT2D eigenvalue weighted by Crippen LogP contribution is -2.33. The standard InChI is InChI=1S/C15H18N2O/c18-15(16-14-8-2-1-3-9-14)17-10-12-6-4-5-7-13(12)11-17/h1-5,8-9,12-13H,6-7,10-11H2,(H,16,18). The Morgan fingerprint density at radius 1 is 1.06 bits per heavy atom. The number of hydrogen-bond donors (Lipinski definition) is 1. The van der Waals surface area contributed by atoms with Crippen molar-refractivity contribution in [2.24, 2.45) is 11.8 Å². The predicted molar refractivity (Wildman–Crippen MR) is 72.4 cm³/mol. The summed E-state index contributed by atoms with van der Waals surface area (Å²) in [5.41, 5.74) is 0.871. The van der Waals surface area contributed by atoms with Crippen LogP contribution in [0, 0.1) is 11.8 Å². The minimum absolute atomic E-state index is 0.0376. The first-order valence-corrected chi connectivity index (χ1v) is 6.59. The van der Waals surface area contributed by atoms with Gasteiger partial charge >= 0.3 is 6.03 Å². The van der Waals surface area contributed by atoms with Crippen molar-refractivity contribution in [3.63, 3.8) is 0 Å². The van der Waals surface area contributed by atoms with Gasteiger partial charge in [-0.3, -0.25) is 0 Å². The summed E-state index contributed by atoms with van der Waals surface area (Å²) in [7, 11) is 0. The SMILES string of the molecule is O=C(Nc1ccccc1)N1CC2CC=CCC2C1. The second-order valence-electron chi connectivity index (χ2n) is 5.16. The lowest BCUT2D eigenvalue weighted by Gasteiger charge is -2.17. The Kier molecular flexibility index (Phi) is 3.05. The molecular weight excluding hydrogens is 224 g/mol. The monoisotopic (exact) mass is 242 g/mol. The molecule has 1 saturated heterocycles. The Balaban J connectivity index is 1.61. The van der Waals surface area contributed by atoms with Crippen LogP contribution in [0.1, 0.15) is 12.8 Å². The molecule has 94 valence electrons. The highest BCUT2D eigenvalue weighted by atomic mass is 16.2. The van der Waals surface area contributed by atoms with Gasteiger partial charge in [0.05, 0.1) is 0 Å². The van der Waals surface area contributed by atoms with E-state index in [0.717, 1.165) is 31.6 Å². The largest absolute Gasteiger partial charge is 0.324 e. The zero-order valence-electron chi connectivity index (χ0n) is 10.4. The number of benzene rings is 1. The van der Waals surface area contributed by atoms with E-state index in [1.807, 2.05) is 35.2 Å². The normalized spacial score (nSPS) is 25.9. The Morgan fingerprint density at radius 3 is 2.28 bits per heavy atom. The highest BCUT2D eigenvalue weighted by Crippen LogP contribution is 2.32. The van der Waals surface area contributed by atoms with Crippen LogP contribution in [0.25, 0.3) is 0 Å². The number of rotatable bonds is 1. The van der Waals surface area contributed by atoms with Crippen molar-refractivity contribution in [2.45, 2.75) is 12.8 Å². The number of carbonyl (C=O) groups excluding carboxylic acids is 1. The molecule has 0 radical (unpaired) electrons. The molecule has 0 saturated carbocycles. The molecule has 3 rings (SSSR count). The number of para-hydroxylation sites is 1. The second-order valence-corrected chi connectivity index (χ2v) is 5.16. The summed E-state index contributed by atoms with van der Waals surface area (Å²) >= 11 is 0. The van der Waals surface area contributed by atoms with Gasteiger partial charge in [-0.1, -0.05) is 30.4 Å². The highest BCUT2D eigenvalue weighted by Gasteiger charge is 2.34. The van der Waals surface area contributed by atoms with E-state index in [4.69, 9.17) is 0 Å². The topological polar surface area (TPSA) is 32.3 Å². The van der Waals surface area contributed by atoms with E-state index in [1.165, 1.54) is 0 Å². The number of nitrogens with one attached hydrogen (secondary N) is 1. The third-order valence-electron chi connectivity index (χ3n) is 3.93. The molecule has 1 fully saturated rings. The van der Waals surface area contributed by atoms with Crippen LogP contribution in [0.3, 0.4) is 0 Å². The fourth-order valence-electron chi connectivity index (χ4n) is 2.90. The van der Waals surface area contributed by atoms with Gasteiger partial charge in [-0.25, -0.2) is 4.79 Å². The Labute approximate surface area is 107 Å². The first-order chi connectivity index (χ1) is 8.83. The van der Waals surface area contributed by atoms with Crippen molar-refractivity contribution in [3.05, 3.63) is 42.5 Å². The third-order valence-corrected chi connectivity index (χ3v) is 3.93. The Morgan fingerprint density at radius 2 is 1.67 bits per heavy atom. The van der Waals surface area contributed by atoms with Crippen LogP contribution in [0.5, 0.6) is 0 Å². The maximum Gasteiger partial charge on any atom is 0.321 e. The van der Waals surface area contributed by atoms with Gasteiger partial charge in [-0.2, -0.15) is 0 Å². The van der Waals surface area contributed by atoms with Crippen molar-refractivity contribution >= 4 is 11.7 Å². The molecule has 1 aromatic rings. The first kappa shape index (κ1) is 11.3. The fraction of sp³-hybridized carbons (Fsp3) is 0.400. The van der Waals surface area contributed by atoms with Crippen molar-refractivity contribution in [1.82, 2.24) is 4.90 Å². The van der Waals surface area contributed by atoms with E-state index < -0.39 is 0 Å². The maximum absolute atomic E-state index is 12.2. The van der Waals surface area contributed by atoms with Crippen molar-refractivity contribution in [1.29, 1.82) is 0 Å². The first-order valence-electron chi connectivity index (χ1n) is 6.59. The van der Waals surface area contributed by atoms with Crippen LogP contribution in [0.15, 0.2) is 42.5 Å². The lowest BCUT2D eigenvalue weighted by atomic mass is 9.86. The number of anilines is 1. The molecule has 3 heteroatoms. The molecule has 1 N–H and O–H groups in total. The van der Waals surface area contributed by atoms with Gasteiger partial charge in [0.1, 0.15) is 0 Å². The summed E-state index contributed by atoms with van der Waals surface area (Å²) in [5.74, 6) is 1.33. The Bertz CT molecular complexity index is 439. The summed E-state index contributed by atoms with van der Waals surface area (Å²) in [5, 5.41) is 2.96. The summed E-state index contributed by atoms with van der Waals surface area (Å²) in [6, 6.07) is 9.69. The van der Waals surface area contributed by atoms with Gasteiger partial charge in [-0.15, -0.1) is 0 Å². The molecule has 2 amide bonds. The zero-order chi connectivity index (χ0) is 12.4. The number of hydrogen-bond acceptors (Lipinski definition) is 1. The van der Waals surface area contributed by atoms with Gasteiger partial charge in [0, 0.05) is 18.8 Å². The van der Waals surface area contributed by atoms with Gasteiger partial charge in [0.2, 0.25) is 0 Å². The third kappa shape index (κ3) is 2.26. The number of allylic oxidation sites excluding steroid dienone is 2. The van der Waals surface area contributed by atoms with Gasteiger partial charge in [0.25, 0.3) is 0 Å². The van der Waals surface area contributed by atoms with Crippen LogP contribution in [0.2, 0.25) is 0 Å². The minimum atomic E-state index is 0.0376. The minimum Gasteiger partial charge on any atom is -0.324 e. The number of fused-ring (bicyclic) bond motifs is 1. The van der Waals surface area contributed by atoms with E-state index in [1.54, 1.807) is 0 Å². The van der Waals surface area contributed by atoms with Crippen LogP contribution in [-0.2, 0) is 0 Å². The van der Waals surface area contributed by atoms with E-state index in [0.29, 0.717) is 11.8 Å². The van der Waals surface area contributed by atoms with Crippen LogP contribution in [-0.4, -0.2) is 24.0 Å². The number of amides is 2. The quantitative estimate of drug-likeness (QED) is 0.754. The van der Waals surface area contributed by atoms with Crippen LogP contribution < -0.4 is 5.32 Å². The highest BCUT2D eigenvalue weighted by molar-refractivity contribution is 5.89. The second kappa shape index (κ2) is 4.84. The van der Waals surface area contributed by atoms with Gasteiger partial charge in [-0.05, 0) is 36.8 Å². The molecule has 18 heavy (non-hydrogen) atoms. The predicted octanol–water partition coefficient (Wildman–Crippen LogP) is 3.12. The summed E-state index contributed by atoms with van der Waals surface area (Å²) in [6.45, 7) is 1.79. The van der Waals surface area contributed by atoms with Crippen molar-refractivity contribution in [2.75, 3.05) is 18.4 Å². The van der Waals surface area contributed by atoms with E-state index in [-0.39, 0.29) is 6.03 Å². The molecule has 0 aromatic heterocycles. The van der Waals surface area contributed by atoms with Gasteiger partial charge < -0.3 is 10.2 Å². The molecule has 2 aliphatic rings. The van der Waals surface area contributed by atoms with E-state index >= 15 is 0 Å². The average molecular weight is 242 g/mol. The molecule has 1 aliphatic heterocycles. The number of urea groups is 1. The molecule has 2 atom stereocenters. The molecule has 3 nitrogen and oxygen atoms in total. The number of likely N-dealkylation sites (tertiary alicyclic amines) is 1. The molecule has 1 aromatic carbocycles. The fourth-order valence-corrected chi connectivity index (χ4v) is 2.90. The summed E-state index contributed by atoms with van der Waals surface area (Å²) in [4.78, 5) is 14.1. The Hall–Kier alpha value is -1.77. The molecule has 0 spiro atoms. The van der Waals surface area contributed by atoms with Crippen LogP contribution in [0.4, 0.5) is 10.5 Å². The van der Waals surface area contributed by atoms with E-state index in [9.17, 15) is 4.79 Å². The summed E-state index contributed by atoms with van der Waals surface area (Å²) < 4.78 is 0. The molecule has 0 bridgehead atoms.